The Morgan fingerprint density at radius 3 is 1.47 bits per heavy atom. The lowest BCUT2D eigenvalue weighted by molar-refractivity contribution is -0.322. The highest BCUT2D eigenvalue weighted by atomic mass is 16.9. The van der Waals surface area contributed by atoms with Gasteiger partial charge in [0.25, 0.3) is 11.8 Å². The fourth-order valence-corrected chi connectivity index (χ4v) is 0.799. The summed E-state index contributed by atoms with van der Waals surface area (Å²) in [4.78, 5) is 27.6. The zero-order valence-corrected chi connectivity index (χ0v) is 9.84. The van der Waals surface area contributed by atoms with E-state index in [2.05, 4.69) is 13.2 Å². The maximum Gasteiger partial charge on any atom is 0.276 e. The van der Waals surface area contributed by atoms with Crippen molar-refractivity contribution in [2.45, 2.75) is 13.8 Å². The molecule has 0 aromatic carbocycles. The molecule has 96 valence electrons. The smallest absolute Gasteiger partial charge is 0.276 e. The van der Waals surface area contributed by atoms with Crippen LogP contribution in [0.15, 0.2) is 24.3 Å². The molecule has 0 aliphatic rings. The van der Waals surface area contributed by atoms with E-state index in [4.69, 9.17) is 15.2 Å². The number of hydrogen-bond donors (Lipinski definition) is 2. The average Bonchev–Trinajstić information content (AvgIpc) is 2.28. The second-order valence-electron chi connectivity index (χ2n) is 3.29. The van der Waals surface area contributed by atoms with Gasteiger partial charge in [0.2, 0.25) is 0 Å². The Morgan fingerprint density at radius 2 is 1.29 bits per heavy atom. The van der Waals surface area contributed by atoms with Gasteiger partial charge in [0.05, 0.1) is 0 Å². The van der Waals surface area contributed by atoms with Gasteiger partial charge in [-0.2, -0.15) is 10.1 Å². The molecular formula is C10H16N2O5. The third kappa shape index (κ3) is 4.35. The summed E-state index contributed by atoms with van der Waals surface area (Å²) >= 11 is 0. The second kappa shape index (κ2) is 6.79. The van der Waals surface area contributed by atoms with E-state index in [1.165, 1.54) is 13.8 Å². The van der Waals surface area contributed by atoms with Crippen LogP contribution in [0.25, 0.3) is 0 Å². The van der Waals surface area contributed by atoms with Gasteiger partial charge in [-0.15, -0.1) is 4.94 Å². The summed E-state index contributed by atoms with van der Waals surface area (Å²) in [6, 6.07) is 0. The van der Waals surface area contributed by atoms with Crippen LogP contribution in [0.2, 0.25) is 0 Å². The Labute approximate surface area is 99.1 Å². The Balaban J connectivity index is 4.74. The minimum atomic E-state index is -0.786. The maximum atomic E-state index is 11.4. The second-order valence-corrected chi connectivity index (χ2v) is 3.29. The highest BCUT2D eigenvalue weighted by Crippen LogP contribution is 2.05. The van der Waals surface area contributed by atoms with E-state index < -0.39 is 25.3 Å². The maximum absolute atomic E-state index is 11.4. The van der Waals surface area contributed by atoms with Crippen molar-refractivity contribution < 1.29 is 24.7 Å². The molecule has 2 amide bonds. The van der Waals surface area contributed by atoms with Crippen LogP contribution in [0.5, 0.6) is 0 Å². The monoisotopic (exact) mass is 244 g/mol. The molecule has 0 atom stereocenters. The molecule has 7 nitrogen and oxygen atoms in total. The van der Waals surface area contributed by atoms with E-state index in [9.17, 15) is 9.59 Å². The van der Waals surface area contributed by atoms with Crippen molar-refractivity contribution in [2.75, 3.05) is 13.5 Å². The first-order chi connectivity index (χ1) is 7.84. The van der Waals surface area contributed by atoms with Crippen LogP contribution in [0, 0.1) is 0 Å². The number of amides is 2. The van der Waals surface area contributed by atoms with Crippen molar-refractivity contribution in [3.05, 3.63) is 24.3 Å². The van der Waals surface area contributed by atoms with Crippen LogP contribution in [-0.2, 0) is 14.5 Å². The summed E-state index contributed by atoms with van der Waals surface area (Å²) in [5.74, 6) is -1.42. The number of aliphatic hydroxyl groups is 2. The van der Waals surface area contributed by atoms with Crippen molar-refractivity contribution in [3.8, 4) is 0 Å². The quantitative estimate of drug-likeness (QED) is 0.375. The van der Waals surface area contributed by atoms with Crippen LogP contribution in [0.4, 0.5) is 0 Å². The molecule has 0 bridgehead atoms. The lowest BCUT2D eigenvalue weighted by Crippen LogP contribution is -2.43. The fourth-order valence-electron chi connectivity index (χ4n) is 0.799. The lowest BCUT2D eigenvalue weighted by Gasteiger charge is -2.25. The highest BCUT2D eigenvalue weighted by Gasteiger charge is 2.22. The molecule has 0 aliphatic carbocycles. The topological polar surface area (TPSA) is 90.3 Å². The predicted octanol–water partition coefficient (Wildman–Crippen LogP) is -0.458. The van der Waals surface area contributed by atoms with Crippen LogP contribution < -0.4 is 0 Å². The highest BCUT2D eigenvalue weighted by molar-refractivity contribution is 5.92. The van der Waals surface area contributed by atoms with E-state index in [0.29, 0.717) is 10.1 Å². The summed E-state index contributed by atoms with van der Waals surface area (Å²) in [7, 11) is 0. The average molecular weight is 244 g/mol. The van der Waals surface area contributed by atoms with Crippen LogP contribution >= 0.6 is 0 Å². The Bertz CT molecular complexity index is 308. The van der Waals surface area contributed by atoms with Gasteiger partial charge in [-0.1, -0.05) is 13.2 Å². The predicted molar refractivity (Wildman–Crippen MR) is 58.6 cm³/mol. The number of hydrogen-bond acceptors (Lipinski definition) is 5. The third-order valence-electron chi connectivity index (χ3n) is 1.64. The number of aliphatic hydroxyl groups excluding tert-OH is 2. The molecule has 2 N–H and O–H groups in total. The molecule has 0 saturated heterocycles. The number of nitrogens with zero attached hydrogens (tertiary/aromatic N) is 2. The van der Waals surface area contributed by atoms with Gasteiger partial charge in [0.1, 0.15) is 13.5 Å². The van der Waals surface area contributed by atoms with E-state index >= 15 is 0 Å². The van der Waals surface area contributed by atoms with Crippen molar-refractivity contribution in [1.82, 2.24) is 10.1 Å². The zero-order valence-electron chi connectivity index (χ0n) is 9.84. The molecule has 17 heavy (non-hydrogen) atoms. The molecule has 0 saturated carbocycles. The Kier molecular flexibility index (Phi) is 6.11. The van der Waals surface area contributed by atoms with Gasteiger partial charge in [-0.05, 0) is 13.8 Å². The van der Waals surface area contributed by atoms with Crippen molar-refractivity contribution in [1.29, 1.82) is 0 Å². The molecule has 0 radical (unpaired) electrons. The summed E-state index contributed by atoms with van der Waals surface area (Å²) < 4.78 is 0. The van der Waals surface area contributed by atoms with Crippen LogP contribution in [-0.4, -0.2) is 45.6 Å². The normalized spacial score (nSPS) is 9.65. The minimum Gasteiger partial charge on any atom is -0.374 e. The Morgan fingerprint density at radius 1 is 1.00 bits per heavy atom. The standard InChI is InChI=1S/C10H16N2O5/c1-7(2)9(15)11(5-13)17-12(6-14)10(16)8(3)4/h13-14H,1,3,5-6H2,2,4H3. The number of hydroxylamine groups is 4. The molecule has 7 heteroatoms. The third-order valence-corrected chi connectivity index (χ3v) is 1.64. The van der Waals surface area contributed by atoms with E-state index in [-0.39, 0.29) is 11.1 Å². The first kappa shape index (κ1) is 15.3. The molecular weight excluding hydrogens is 228 g/mol. The molecule has 0 unspecified atom stereocenters. The molecule has 0 heterocycles. The van der Waals surface area contributed by atoms with E-state index in [1.807, 2.05) is 0 Å². The molecule has 0 fully saturated rings. The van der Waals surface area contributed by atoms with Gasteiger partial charge in [0, 0.05) is 11.1 Å². The number of rotatable bonds is 6. The summed E-state index contributed by atoms with van der Waals surface area (Å²) in [6.45, 7) is 8.00. The summed E-state index contributed by atoms with van der Waals surface area (Å²) in [5.41, 5.74) is 0.222. The fraction of sp³-hybridized carbons (Fsp3) is 0.400. The minimum absolute atomic E-state index is 0.111. The summed E-state index contributed by atoms with van der Waals surface area (Å²) in [6.07, 6.45) is 0. The van der Waals surface area contributed by atoms with Gasteiger partial charge in [0.15, 0.2) is 0 Å². The Hall–Kier alpha value is -1.70. The first-order valence-corrected chi connectivity index (χ1v) is 4.69. The van der Waals surface area contributed by atoms with Crippen molar-refractivity contribution >= 4 is 11.8 Å². The molecule has 0 rings (SSSR count). The van der Waals surface area contributed by atoms with Gasteiger partial charge in [-0.25, -0.2) is 0 Å². The number of carbonyl (C=O) groups excluding carboxylic acids is 2. The zero-order chi connectivity index (χ0) is 13.6. The summed E-state index contributed by atoms with van der Waals surface area (Å²) in [5, 5.41) is 18.8. The SMILES string of the molecule is C=C(C)C(=O)N(CO)ON(CO)C(=O)C(=C)C. The van der Waals surface area contributed by atoms with Gasteiger partial charge >= 0.3 is 0 Å². The van der Waals surface area contributed by atoms with Gasteiger partial charge < -0.3 is 10.2 Å². The largest absolute Gasteiger partial charge is 0.374 e. The molecule has 0 aliphatic heterocycles. The molecule has 0 aromatic heterocycles. The lowest BCUT2D eigenvalue weighted by atomic mass is 10.3. The van der Waals surface area contributed by atoms with Crippen LogP contribution in [0.1, 0.15) is 13.8 Å². The molecule has 0 aromatic rings. The van der Waals surface area contributed by atoms with Crippen molar-refractivity contribution in [3.63, 3.8) is 0 Å². The molecule has 0 spiro atoms. The first-order valence-electron chi connectivity index (χ1n) is 4.69. The number of carbonyl (C=O) groups is 2. The van der Waals surface area contributed by atoms with Crippen LogP contribution in [0.3, 0.4) is 0 Å². The van der Waals surface area contributed by atoms with E-state index in [1.54, 1.807) is 0 Å². The van der Waals surface area contributed by atoms with Gasteiger partial charge in [-0.3, -0.25) is 9.59 Å². The van der Waals surface area contributed by atoms with E-state index in [0.717, 1.165) is 0 Å². The van der Waals surface area contributed by atoms with Crippen molar-refractivity contribution in [2.24, 2.45) is 0 Å².